The Balaban J connectivity index is 1.57. The van der Waals surface area contributed by atoms with Crippen LogP contribution in [0.15, 0.2) is 30.3 Å². The summed E-state index contributed by atoms with van der Waals surface area (Å²) in [6.07, 6.45) is -0.279. The summed E-state index contributed by atoms with van der Waals surface area (Å²) in [5, 5.41) is 2.03. The fourth-order valence-corrected chi connectivity index (χ4v) is 4.11. The van der Waals surface area contributed by atoms with Crippen molar-refractivity contribution in [1.82, 2.24) is 15.3 Å². The van der Waals surface area contributed by atoms with Crippen LogP contribution in [0.2, 0.25) is 0 Å². The van der Waals surface area contributed by atoms with Crippen molar-refractivity contribution in [2.45, 2.75) is 38.3 Å². The molecule has 2 heterocycles. The first-order chi connectivity index (χ1) is 13.9. The van der Waals surface area contributed by atoms with Gasteiger partial charge >= 0.3 is 6.18 Å². The van der Waals surface area contributed by atoms with Gasteiger partial charge in [0, 0.05) is 29.9 Å². The summed E-state index contributed by atoms with van der Waals surface area (Å²) in [4.78, 5) is 23.9. The first-order valence-electron chi connectivity index (χ1n) is 9.95. The van der Waals surface area contributed by atoms with Crippen LogP contribution >= 0.6 is 0 Å². The molecule has 1 fully saturated rings. The number of amides is 1. The number of fused-ring (bicyclic) bond motifs is 1. The molecule has 0 saturated carbocycles. The van der Waals surface area contributed by atoms with Crippen LogP contribution in [0.4, 0.5) is 19.0 Å². The van der Waals surface area contributed by atoms with Crippen LogP contribution in [0.1, 0.15) is 30.5 Å². The fraction of sp³-hybridized carbons (Fsp3) is 0.476. The number of carbonyl (C=O) groups excluding carboxylic acids is 1. The van der Waals surface area contributed by atoms with Crippen molar-refractivity contribution in [3.63, 3.8) is 0 Å². The van der Waals surface area contributed by atoms with Gasteiger partial charge < -0.3 is 10.2 Å². The molecule has 1 amide bonds. The molecule has 1 aromatic carbocycles. The minimum Gasteiger partial charge on any atom is -0.355 e. The molecule has 2 aromatic rings. The predicted molar refractivity (Wildman–Crippen MR) is 103 cm³/mol. The number of rotatable bonds is 4. The van der Waals surface area contributed by atoms with Crippen molar-refractivity contribution in [3.8, 4) is 11.4 Å². The molecule has 0 unspecified atom stereocenters. The second kappa shape index (κ2) is 8.00. The van der Waals surface area contributed by atoms with E-state index in [9.17, 15) is 18.0 Å². The van der Waals surface area contributed by atoms with Crippen LogP contribution in [-0.2, 0) is 17.6 Å². The number of hydrogen-bond acceptors (Lipinski definition) is 4. The van der Waals surface area contributed by atoms with E-state index in [1.54, 1.807) is 0 Å². The van der Waals surface area contributed by atoms with Crippen molar-refractivity contribution >= 4 is 11.7 Å². The van der Waals surface area contributed by atoms with E-state index in [0.29, 0.717) is 18.8 Å². The predicted octanol–water partition coefficient (Wildman–Crippen LogP) is 3.53. The van der Waals surface area contributed by atoms with Crippen LogP contribution in [0.25, 0.3) is 11.4 Å². The van der Waals surface area contributed by atoms with Gasteiger partial charge in [-0.05, 0) is 32.1 Å². The molecule has 154 valence electrons. The van der Waals surface area contributed by atoms with E-state index in [1.807, 2.05) is 35.6 Å². The SMILES string of the molecule is O=C(NCC(F)(F)F)[C@H]1CCCN(c2nc(-c3ccccc3)nc3c2CCC3)C1. The topological polar surface area (TPSA) is 58.1 Å². The zero-order valence-corrected chi connectivity index (χ0v) is 16.0. The highest BCUT2D eigenvalue weighted by atomic mass is 19.4. The number of nitrogens with zero attached hydrogens (tertiary/aromatic N) is 3. The Morgan fingerprint density at radius 1 is 1.14 bits per heavy atom. The second-order valence-electron chi connectivity index (χ2n) is 7.63. The molecule has 8 heteroatoms. The highest BCUT2D eigenvalue weighted by molar-refractivity contribution is 5.79. The van der Waals surface area contributed by atoms with Crippen LogP contribution in [0.3, 0.4) is 0 Å². The van der Waals surface area contributed by atoms with E-state index in [2.05, 4.69) is 4.90 Å². The number of halogens is 3. The molecule has 1 atom stereocenters. The molecule has 4 rings (SSSR count). The molecule has 29 heavy (non-hydrogen) atoms. The minimum absolute atomic E-state index is 0.376. The quantitative estimate of drug-likeness (QED) is 0.847. The summed E-state index contributed by atoms with van der Waals surface area (Å²) in [7, 11) is 0. The number of aromatic nitrogens is 2. The van der Waals surface area contributed by atoms with Gasteiger partial charge in [-0.25, -0.2) is 9.97 Å². The van der Waals surface area contributed by atoms with E-state index >= 15 is 0 Å². The molecule has 1 N–H and O–H groups in total. The van der Waals surface area contributed by atoms with Crippen molar-refractivity contribution in [2.24, 2.45) is 5.92 Å². The number of hydrogen-bond donors (Lipinski definition) is 1. The molecule has 5 nitrogen and oxygen atoms in total. The van der Waals surface area contributed by atoms with E-state index in [1.165, 1.54) is 0 Å². The smallest absolute Gasteiger partial charge is 0.355 e. The fourth-order valence-electron chi connectivity index (χ4n) is 4.11. The van der Waals surface area contributed by atoms with Crippen molar-refractivity contribution < 1.29 is 18.0 Å². The van der Waals surface area contributed by atoms with Gasteiger partial charge in [-0.2, -0.15) is 13.2 Å². The Morgan fingerprint density at radius 3 is 2.69 bits per heavy atom. The number of nitrogens with one attached hydrogen (secondary N) is 1. The maximum atomic E-state index is 12.4. The van der Waals surface area contributed by atoms with Crippen molar-refractivity contribution in [3.05, 3.63) is 41.6 Å². The average Bonchev–Trinajstić information content (AvgIpc) is 3.20. The number of aryl methyl sites for hydroxylation is 1. The monoisotopic (exact) mass is 404 g/mol. The molecule has 1 aromatic heterocycles. The average molecular weight is 404 g/mol. The lowest BCUT2D eigenvalue weighted by Gasteiger charge is -2.34. The van der Waals surface area contributed by atoms with Gasteiger partial charge in [-0.1, -0.05) is 30.3 Å². The van der Waals surface area contributed by atoms with Crippen LogP contribution in [-0.4, -0.2) is 41.7 Å². The largest absolute Gasteiger partial charge is 0.405 e. The lowest BCUT2D eigenvalue weighted by atomic mass is 9.96. The van der Waals surface area contributed by atoms with Crippen LogP contribution in [0.5, 0.6) is 0 Å². The second-order valence-corrected chi connectivity index (χ2v) is 7.63. The standard InChI is InChI=1S/C21H23F3N4O/c22-21(23,24)13-25-20(29)15-8-5-11-28(12-15)19-16-9-4-10-17(16)26-18(27-19)14-6-2-1-3-7-14/h1-3,6-7,15H,4-5,8-13H2,(H,25,29)/t15-/m0/s1. The molecule has 1 aliphatic carbocycles. The van der Waals surface area contributed by atoms with Gasteiger partial charge in [0.1, 0.15) is 12.4 Å². The first-order valence-corrected chi connectivity index (χ1v) is 9.95. The number of alkyl halides is 3. The number of benzene rings is 1. The summed E-state index contributed by atoms with van der Waals surface area (Å²) in [6.45, 7) is -0.175. The molecular formula is C21H23F3N4O. The van der Waals surface area contributed by atoms with Gasteiger partial charge in [0.2, 0.25) is 5.91 Å². The minimum atomic E-state index is -4.40. The molecule has 2 aliphatic rings. The maximum absolute atomic E-state index is 12.4. The Morgan fingerprint density at radius 2 is 1.93 bits per heavy atom. The van der Waals surface area contributed by atoms with Crippen LogP contribution < -0.4 is 10.2 Å². The molecule has 0 spiro atoms. The van der Waals surface area contributed by atoms with Gasteiger partial charge in [0.15, 0.2) is 5.82 Å². The molecule has 0 bridgehead atoms. The van der Waals surface area contributed by atoms with Gasteiger partial charge in [0.25, 0.3) is 0 Å². The summed E-state index contributed by atoms with van der Waals surface area (Å²) >= 11 is 0. The number of carbonyl (C=O) groups is 1. The third kappa shape index (κ3) is 4.52. The highest BCUT2D eigenvalue weighted by Gasteiger charge is 2.33. The van der Waals surface area contributed by atoms with E-state index in [4.69, 9.17) is 9.97 Å². The summed E-state index contributed by atoms with van der Waals surface area (Å²) in [5.74, 6) is 0.476. The lowest BCUT2D eigenvalue weighted by molar-refractivity contribution is -0.140. The molecular weight excluding hydrogens is 381 g/mol. The summed E-state index contributed by atoms with van der Waals surface area (Å²) in [6, 6.07) is 9.74. The Hall–Kier alpha value is -2.64. The van der Waals surface area contributed by atoms with E-state index in [0.717, 1.165) is 54.9 Å². The molecule has 1 aliphatic heterocycles. The van der Waals surface area contributed by atoms with Crippen molar-refractivity contribution in [2.75, 3.05) is 24.5 Å². The zero-order valence-electron chi connectivity index (χ0n) is 16.0. The number of anilines is 1. The normalized spacial score (nSPS) is 19.1. The van der Waals surface area contributed by atoms with Gasteiger partial charge in [0.05, 0.1) is 5.92 Å². The zero-order chi connectivity index (χ0) is 20.4. The highest BCUT2D eigenvalue weighted by Crippen LogP contribution is 2.33. The van der Waals surface area contributed by atoms with E-state index < -0.39 is 24.5 Å². The Kier molecular flexibility index (Phi) is 5.43. The molecule has 0 radical (unpaired) electrons. The van der Waals surface area contributed by atoms with Gasteiger partial charge in [-0.3, -0.25) is 4.79 Å². The number of piperidine rings is 1. The lowest BCUT2D eigenvalue weighted by Crippen LogP contribution is -2.45. The van der Waals surface area contributed by atoms with Crippen molar-refractivity contribution in [1.29, 1.82) is 0 Å². The third-order valence-corrected chi connectivity index (χ3v) is 5.50. The Bertz CT molecular complexity index is 885. The first kappa shape index (κ1) is 19.7. The Labute approximate surface area is 167 Å². The van der Waals surface area contributed by atoms with Gasteiger partial charge in [-0.15, -0.1) is 0 Å². The third-order valence-electron chi connectivity index (χ3n) is 5.50. The van der Waals surface area contributed by atoms with E-state index in [-0.39, 0.29) is 0 Å². The van der Waals surface area contributed by atoms with Crippen LogP contribution in [0, 0.1) is 5.92 Å². The summed E-state index contributed by atoms with van der Waals surface area (Å²) < 4.78 is 37.3. The maximum Gasteiger partial charge on any atom is 0.405 e. The summed E-state index contributed by atoms with van der Waals surface area (Å²) in [5.41, 5.74) is 3.08. The molecule has 1 saturated heterocycles.